The van der Waals surface area contributed by atoms with Crippen molar-refractivity contribution in [1.82, 2.24) is 0 Å². The van der Waals surface area contributed by atoms with Gasteiger partial charge < -0.3 is 0 Å². The van der Waals surface area contributed by atoms with Crippen molar-refractivity contribution >= 4 is 5.71 Å². The van der Waals surface area contributed by atoms with Gasteiger partial charge in [-0.15, -0.1) is 0 Å². The van der Waals surface area contributed by atoms with Gasteiger partial charge in [0.05, 0.1) is 0 Å². The molecule has 0 radical (unpaired) electrons. The van der Waals surface area contributed by atoms with Gasteiger partial charge in [0.15, 0.2) is 0 Å². The van der Waals surface area contributed by atoms with Crippen LogP contribution in [0.15, 0.2) is 16.8 Å². The van der Waals surface area contributed by atoms with E-state index >= 15 is 0 Å². The molecule has 0 aliphatic carbocycles. The first-order valence-electron chi connectivity index (χ1n) is 3.40. The molecule has 0 saturated heterocycles. The summed E-state index contributed by atoms with van der Waals surface area (Å²) < 4.78 is 0. The molecule has 0 aromatic rings. The van der Waals surface area contributed by atoms with Gasteiger partial charge >= 0.3 is 0 Å². The quantitative estimate of drug-likeness (QED) is 0.469. The van der Waals surface area contributed by atoms with Crippen molar-refractivity contribution in [3.05, 3.63) is 11.8 Å². The number of hydrogen-bond acceptors (Lipinski definition) is 1. The third kappa shape index (κ3) is 1.41. The van der Waals surface area contributed by atoms with Crippen molar-refractivity contribution in [3.8, 4) is 0 Å². The Morgan fingerprint density at radius 3 is 2.67 bits per heavy atom. The number of aliphatic imine (C=N–C) groups is 1. The summed E-state index contributed by atoms with van der Waals surface area (Å²) in [6, 6.07) is 0. The van der Waals surface area contributed by atoms with Gasteiger partial charge in [0.2, 0.25) is 0 Å². The molecule has 0 bridgehead atoms. The van der Waals surface area contributed by atoms with Crippen molar-refractivity contribution in [1.29, 1.82) is 0 Å². The predicted molar refractivity (Wildman–Crippen MR) is 40.6 cm³/mol. The third-order valence-corrected chi connectivity index (χ3v) is 1.83. The fourth-order valence-corrected chi connectivity index (χ4v) is 1.02. The lowest BCUT2D eigenvalue weighted by Gasteiger charge is -2.14. The van der Waals surface area contributed by atoms with E-state index in [1.54, 1.807) is 0 Å². The van der Waals surface area contributed by atoms with Crippen molar-refractivity contribution in [3.63, 3.8) is 0 Å². The Kier molecular flexibility index (Phi) is 1.70. The van der Waals surface area contributed by atoms with Crippen molar-refractivity contribution < 1.29 is 0 Å². The molecule has 1 heteroatoms. The SMILES string of the molecule is CC1=CN=C(C)C(C)C1. The fourth-order valence-electron chi connectivity index (χ4n) is 1.02. The molecule has 0 fully saturated rings. The average Bonchev–Trinajstić information content (AvgIpc) is 1.80. The number of hydrogen-bond donors (Lipinski definition) is 0. The third-order valence-electron chi connectivity index (χ3n) is 1.83. The van der Waals surface area contributed by atoms with Gasteiger partial charge in [0, 0.05) is 11.9 Å². The Morgan fingerprint density at radius 2 is 2.22 bits per heavy atom. The van der Waals surface area contributed by atoms with E-state index < -0.39 is 0 Å². The lowest BCUT2D eigenvalue weighted by atomic mass is 9.96. The molecule has 1 heterocycles. The second-order valence-corrected chi connectivity index (χ2v) is 2.85. The van der Waals surface area contributed by atoms with Gasteiger partial charge in [-0.1, -0.05) is 12.5 Å². The van der Waals surface area contributed by atoms with Crippen molar-refractivity contribution in [2.24, 2.45) is 10.9 Å². The zero-order valence-corrected chi connectivity index (χ0v) is 6.31. The van der Waals surface area contributed by atoms with Crippen LogP contribution in [0.4, 0.5) is 0 Å². The number of rotatable bonds is 0. The second-order valence-electron chi connectivity index (χ2n) is 2.85. The highest BCUT2D eigenvalue weighted by molar-refractivity contribution is 5.85. The Hall–Kier alpha value is -0.590. The van der Waals surface area contributed by atoms with Gasteiger partial charge in [-0.3, -0.25) is 4.99 Å². The summed E-state index contributed by atoms with van der Waals surface area (Å²) in [5, 5.41) is 0. The summed E-state index contributed by atoms with van der Waals surface area (Å²) in [7, 11) is 0. The zero-order chi connectivity index (χ0) is 6.85. The first-order chi connectivity index (χ1) is 4.20. The van der Waals surface area contributed by atoms with Crippen LogP contribution in [0.2, 0.25) is 0 Å². The molecule has 9 heavy (non-hydrogen) atoms. The summed E-state index contributed by atoms with van der Waals surface area (Å²) in [6.45, 7) is 6.44. The summed E-state index contributed by atoms with van der Waals surface area (Å²) in [4.78, 5) is 4.25. The molecule has 1 aliphatic rings. The molecule has 0 amide bonds. The lowest BCUT2D eigenvalue weighted by Crippen LogP contribution is -2.09. The van der Waals surface area contributed by atoms with E-state index in [-0.39, 0.29) is 0 Å². The topological polar surface area (TPSA) is 12.4 Å². The maximum Gasteiger partial charge on any atom is 0.0256 e. The highest BCUT2D eigenvalue weighted by Crippen LogP contribution is 2.17. The Morgan fingerprint density at radius 1 is 1.56 bits per heavy atom. The van der Waals surface area contributed by atoms with E-state index in [2.05, 4.69) is 25.8 Å². The van der Waals surface area contributed by atoms with Crippen molar-refractivity contribution in [2.45, 2.75) is 27.2 Å². The molecular weight excluding hydrogens is 110 g/mol. The minimum absolute atomic E-state index is 0.662. The van der Waals surface area contributed by atoms with Crippen LogP contribution in [0.3, 0.4) is 0 Å². The van der Waals surface area contributed by atoms with E-state index in [1.165, 1.54) is 17.7 Å². The smallest absolute Gasteiger partial charge is 0.0256 e. The van der Waals surface area contributed by atoms with Gasteiger partial charge in [-0.05, 0) is 26.2 Å². The molecule has 0 N–H and O–H groups in total. The van der Waals surface area contributed by atoms with Crippen LogP contribution in [0.25, 0.3) is 0 Å². The molecule has 0 spiro atoms. The molecule has 50 valence electrons. The molecule has 1 nitrogen and oxygen atoms in total. The van der Waals surface area contributed by atoms with E-state index in [0.717, 1.165) is 0 Å². The van der Waals surface area contributed by atoms with Crippen LogP contribution in [0, 0.1) is 5.92 Å². The van der Waals surface area contributed by atoms with E-state index in [0.29, 0.717) is 5.92 Å². The molecule has 0 aromatic carbocycles. The Labute approximate surface area is 56.5 Å². The van der Waals surface area contributed by atoms with Crippen LogP contribution in [-0.4, -0.2) is 5.71 Å². The van der Waals surface area contributed by atoms with E-state index in [4.69, 9.17) is 0 Å². The molecular formula is C8H13N. The number of nitrogens with zero attached hydrogens (tertiary/aromatic N) is 1. The van der Waals surface area contributed by atoms with Gasteiger partial charge in [0.25, 0.3) is 0 Å². The van der Waals surface area contributed by atoms with E-state index in [9.17, 15) is 0 Å². The Bertz CT molecular complexity index is 165. The maximum atomic E-state index is 4.25. The highest BCUT2D eigenvalue weighted by Gasteiger charge is 2.08. The van der Waals surface area contributed by atoms with Crippen LogP contribution in [-0.2, 0) is 0 Å². The monoisotopic (exact) mass is 123 g/mol. The summed E-state index contributed by atoms with van der Waals surface area (Å²) >= 11 is 0. The minimum atomic E-state index is 0.662. The zero-order valence-electron chi connectivity index (χ0n) is 6.31. The molecule has 0 saturated carbocycles. The standard InChI is InChI=1S/C8H13N/c1-6-4-7(2)8(3)9-5-6/h5,7H,4H2,1-3H3. The maximum absolute atomic E-state index is 4.25. The normalized spacial score (nSPS) is 27.2. The van der Waals surface area contributed by atoms with E-state index in [1.807, 2.05) is 6.20 Å². The summed E-state index contributed by atoms with van der Waals surface area (Å²) in [6.07, 6.45) is 3.16. The lowest BCUT2D eigenvalue weighted by molar-refractivity contribution is 0.739. The van der Waals surface area contributed by atoms with Crippen LogP contribution in [0.1, 0.15) is 27.2 Å². The fraction of sp³-hybridized carbons (Fsp3) is 0.625. The first-order valence-corrected chi connectivity index (χ1v) is 3.40. The second kappa shape index (κ2) is 2.34. The van der Waals surface area contributed by atoms with Crippen LogP contribution in [0.5, 0.6) is 0 Å². The molecule has 0 aromatic heterocycles. The van der Waals surface area contributed by atoms with Gasteiger partial charge in [-0.25, -0.2) is 0 Å². The van der Waals surface area contributed by atoms with Crippen LogP contribution < -0.4 is 0 Å². The van der Waals surface area contributed by atoms with Crippen LogP contribution >= 0.6 is 0 Å². The molecule has 1 unspecified atom stereocenters. The minimum Gasteiger partial charge on any atom is -0.266 e. The first kappa shape index (κ1) is 6.53. The summed E-state index contributed by atoms with van der Waals surface area (Å²) in [5.41, 5.74) is 2.66. The predicted octanol–water partition coefficient (Wildman–Crippen LogP) is 2.39. The molecule has 1 aliphatic heterocycles. The molecule has 1 atom stereocenters. The largest absolute Gasteiger partial charge is 0.266 e. The van der Waals surface area contributed by atoms with Gasteiger partial charge in [-0.2, -0.15) is 0 Å². The Balaban J connectivity index is 2.74. The van der Waals surface area contributed by atoms with Crippen molar-refractivity contribution in [2.75, 3.05) is 0 Å². The van der Waals surface area contributed by atoms with Gasteiger partial charge in [0.1, 0.15) is 0 Å². The number of allylic oxidation sites excluding steroid dienone is 1. The highest BCUT2D eigenvalue weighted by atomic mass is 14.7. The average molecular weight is 123 g/mol. The summed E-state index contributed by atoms with van der Waals surface area (Å²) in [5.74, 6) is 0.662. The molecule has 1 rings (SSSR count).